The van der Waals surface area contributed by atoms with Crippen molar-refractivity contribution in [3.63, 3.8) is 0 Å². The molecule has 1 unspecified atom stereocenters. The van der Waals surface area contributed by atoms with Crippen molar-refractivity contribution in [2.24, 2.45) is 0 Å². The number of nitrogens with zero attached hydrogens (tertiary/aromatic N) is 2. The minimum Gasteiger partial charge on any atom is -0.338 e. The molecule has 1 heterocycles. The topological polar surface area (TPSA) is 35.6 Å². The van der Waals surface area contributed by atoms with Gasteiger partial charge in [0, 0.05) is 25.7 Å². The maximum Gasteiger partial charge on any atom is 0.237 e. The highest BCUT2D eigenvalue weighted by Crippen LogP contribution is 2.16. The van der Waals surface area contributed by atoms with Gasteiger partial charge in [-0.2, -0.15) is 0 Å². The SMILES string of the molecule is C=C(C)CN(CC)C(=O)CN1CCCC1CNC. The number of carbonyl (C=O) groups is 1. The average Bonchev–Trinajstić information content (AvgIpc) is 2.73. The van der Waals surface area contributed by atoms with Gasteiger partial charge in [0.2, 0.25) is 5.91 Å². The molecule has 4 nitrogen and oxygen atoms in total. The molecule has 1 aliphatic heterocycles. The van der Waals surface area contributed by atoms with Crippen LogP contribution in [0.25, 0.3) is 0 Å². The van der Waals surface area contributed by atoms with Crippen LogP contribution in [0.3, 0.4) is 0 Å². The Morgan fingerprint density at radius 1 is 1.56 bits per heavy atom. The Morgan fingerprint density at radius 3 is 2.83 bits per heavy atom. The third-order valence-electron chi connectivity index (χ3n) is 3.47. The molecule has 0 radical (unpaired) electrons. The minimum atomic E-state index is 0.225. The van der Waals surface area contributed by atoms with Crippen LogP contribution in [0, 0.1) is 0 Å². The molecule has 0 saturated carbocycles. The second-order valence-corrected chi connectivity index (χ2v) is 5.19. The first-order valence-corrected chi connectivity index (χ1v) is 6.89. The van der Waals surface area contributed by atoms with Gasteiger partial charge in [-0.25, -0.2) is 0 Å². The van der Waals surface area contributed by atoms with Crippen molar-refractivity contribution in [2.45, 2.75) is 32.7 Å². The molecule has 1 atom stereocenters. The van der Waals surface area contributed by atoms with Gasteiger partial charge in [0.15, 0.2) is 0 Å². The highest BCUT2D eigenvalue weighted by Gasteiger charge is 2.26. The van der Waals surface area contributed by atoms with Gasteiger partial charge < -0.3 is 10.2 Å². The smallest absolute Gasteiger partial charge is 0.237 e. The lowest BCUT2D eigenvalue weighted by molar-refractivity contribution is -0.132. The van der Waals surface area contributed by atoms with Crippen LogP contribution in [-0.4, -0.2) is 61.5 Å². The molecule has 1 amide bonds. The number of likely N-dealkylation sites (N-methyl/N-ethyl adjacent to an activating group) is 2. The molecule has 1 rings (SSSR count). The van der Waals surface area contributed by atoms with Crippen molar-refractivity contribution in [1.82, 2.24) is 15.1 Å². The lowest BCUT2D eigenvalue weighted by atomic mass is 10.2. The van der Waals surface area contributed by atoms with Crippen molar-refractivity contribution in [3.8, 4) is 0 Å². The molecular weight excluding hydrogens is 226 g/mol. The van der Waals surface area contributed by atoms with E-state index in [0.717, 1.165) is 25.2 Å². The van der Waals surface area contributed by atoms with E-state index in [1.807, 2.05) is 25.8 Å². The zero-order valence-electron chi connectivity index (χ0n) is 12.0. The van der Waals surface area contributed by atoms with E-state index in [9.17, 15) is 4.79 Å². The first-order valence-electron chi connectivity index (χ1n) is 6.89. The summed E-state index contributed by atoms with van der Waals surface area (Å²) in [5.41, 5.74) is 1.04. The van der Waals surface area contributed by atoms with E-state index in [2.05, 4.69) is 16.8 Å². The van der Waals surface area contributed by atoms with Crippen molar-refractivity contribution in [1.29, 1.82) is 0 Å². The third kappa shape index (κ3) is 4.42. The van der Waals surface area contributed by atoms with Gasteiger partial charge in [-0.15, -0.1) is 0 Å². The van der Waals surface area contributed by atoms with Crippen LogP contribution in [0.1, 0.15) is 26.7 Å². The second kappa shape index (κ2) is 7.54. The fourth-order valence-electron chi connectivity index (χ4n) is 2.55. The first-order chi connectivity index (χ1) is 8.58. The van der Waals surface area contributed by atoms with Gasteiger partial charge in [0.1, 0.15) is 0 Å². The van der Waals surface area contributed by atoms with Crippen molar-refractivity contribution >= 4 is 5.91 Å². The zero-order valence-corrected chi connectivity index (χ0v) is 12.0. The van der Waals surface area contributed by atoms with Gasteiger partial charge in [0.25, 0.3) is 0 Å². The molecule has 1 N–H and O–H groups in total. The summed E-state index contributed by atoms with van der Waals surface area (Å²) in [6, 6.07) is 0.516. The zero-order chi connectivity index (χ0) is 13.5. The minimum absolute atomic E-state index is 0.225. The Morgan fingerprint density at radius 2 is 2.28 bits per heavy atom. The number of carbonyl (C=O) groups excluding carboxylic acids is 1. The van der Waals surface area contributed by atoms with E-state index in [0.29, 0.717) is 19.1 Å². The van der Waals surface area contributed by atoms with Crippen LogP contribution in [0.4, 0.5) is 0 Å². The Labute approximate surface area is 111 Å². The number of amides is 1. The molecule has 18 heavy (non-hydrogen) atoms. The van der Waals surface area contributed by atoms with Crippen molar-refractivity contribution < 1.29 is 4.79 Å². The molecule has 0 aromatic rings. The Hall–Kier alpha value is -0.870. The molecule has 0 aromatic heterocycles. The molecule has 104 valence electrons. The summed E-state index contributed by atoms with van der Waals surface area (Å²) >= 11 is 0. The Kier molecular flexibility index (Phi) is 6.36. The molecule has 0 aromatic carbocycles. The molecular formula is C14H27N3O. The largest absolute Gasteiger partial charge is 0.338 e. The summed E-state index contributed by atoms with van der Waals surface area (Å²) in [6.45, 7) is 11.9. The quantitative estimate of drug-likeness (QED) is 0.690. The summed E-state index contributed by atoms with van der Waals surface area (Å²) in [4.78, 5) is 16.4. The number of hydrogen-bond donors (Lipinski definition) is 1. The van der Waals surface area contributed by atoms with E-state index in [-0.39, 0.29) is 5.91 Å². The van der Waals surface area contributed by atoms with Gasteiger partial charge >= 0.3 is 0 Å². The van der Waals surface area contributed by atoms with Crippen LogP contribution in [-0.2, 0) is 4.79 Å². The highest BCUT2D eigenvalue weighted by atomic mass is 16.2. The second-order valence-electron chi connectivity index (χ2n) is 5.19. The van der Waals surface area contributed by atoms with E-state index in [1.54, 1.807) is 0 Å². The molecule has 0 spiro atoms. The number of rotatable bonds is 7. The van der Waals surface area contributed by atoms with E-state index in [1.165, 1.54) is 12.8 Å². The van der Waals surface area contributed by atoms with Gasteiger partial charge in [0.05, 0.1) is 6.54 Å². The Balaban J connectivity index is 2.49. The predicted octanol–water partition coefficient (Wildman–Crippen LogP) is 1.09. The summed E-state index contributed by atoms with van der Waals surface area (Å²) in [6.07, 6.45) is 2.40. The van der Waals surface area contributed by atoms with Crippen LogP contribution in [0.15, 0.2) is 12.2 Å². The lowest BCUT2D eigenvalue weighted by Gasteiger charge is -2.28. The molecule has 4 heteroatoms. The molecule has 1 saturated heterocycles. The number of likely N-dealkylation sites (tertiary alicyclic amines) is 1. The van der Waals surface area contributed by atoms with Crippen LogP contribution >= 0.6 is 0 Å². The van der Waals surface area contributed by atoms with E-state index in [4.69, 9.17) is 0 Å². The summed E-state index contributed by atoms with van der Waals surface area (Å²) in [5.74, 6) is 0.225. The van der Waals surface area contributed by atoms with Crippen LogP contribution in [0.5, 0.6) is 0 Å². The van der Waals surface area contributed by atoms with Crippen molar-refractivity contribution in [3.05, 3.63) is 12.2 Å². The van der Waals surface area contributed by atoms with Gasteiger partial charge in [-0.05, 0) is 40.3 Å². The van der Waals surface area contributed by atoms with Gasteiger partial charge in [-0.1, -0.05) is 12.2 Å². The maximum atomic E-state index is 12.2. The van der Waals surface area contributed by atoms with Crippen molar-refractivity contribution in [2.75, 3.05) is 39.8 Å². The fraction of sp³-hybridized carbons (Fsp3) is 0.786. The van der Waals surface area contributed by atoms with Gasteiger partial charge in [-0.3, -0.25) is 9.69 Å². The first kappa shape index (κ1) is 15.2. The van der Waals surface area contributed by atoms with E-state index >= 15 is 0 Å². The average molecular weight is 253 g/mol. The molecule has 1 aliphatic rings. The van der Waals surface area contributed by atoms with E-state index < -0.39 is 0 Å². The highest BCUT2D eigenvalue weighted by molar-refractivity contribution is 5.78. The molecule has 0 aliphatic carbocycles. The number of hydrogen-bond acceptors (Lipinski definition) is 3. The fourth-order valence-corrected chi connectivity index (χ4v) is 2.55. The Bertz CT molecular complexity index is 291. The maximum absolute atomic E-state index is 12.2. The standard InChI is InChI=1S/C14H27N3O/c1-5-16(10-12(2)3)14(18)11-17-8-6-7-13(17)9-15-4/h13,15H,2,5-11H2,1,3-4H3. The lowest BCUT2D eigenvalue weighted by Crippen LogP contribution is -2.45. The third-order valence-corrected chi connectivity index (χ3v) is 3.47. The van der Waals surface area contributed by atoms with Crippen LogP contribution in [0.2, 0.25) is 0 Å². The predicted molar refractivity (Wildman–Crippen MR) is 75.6 cm³/mol. The normalized spacial score (nSPS) is 20.1. The monoisotopic (exact) mass is 253 g/mol. The summed E-state index contributed by atoms with van der Waals surface area (Å²) < 4.78 is 0. The summed E-state index contributed by atoms with van der Waals surface area (Å²) in [7, 11) is 1.97. The van der Waals surface area contributed by atoms with Crippen LogP contribution < -0.4 is 5.32 Å². The molecule has 1 fully saturated rings. The number of nitrogens with one attached hydrogen (secondary N) is 1. The molecule has 0 bridgehead atoms. The summed E-state index contributed by atoms with van der Waals surface area (Å²) in [5, 5.41) is 3.21.